The minimum Gasteiger partial charge on any atom is -0.493 e. The lowest BCUT2D eigenvalue weighted by Crippen LogP contribution is -1.97. The monoisotopic (exact) mass is 500 g/mol. The van der Waals surface area contributed by atoms with Crippen LogP contribution in [0.15, 0.2) is 86.7 Å². The molecule has 33 heavy (non-hydrogen) atoms. The third kappa shape index (κ3) is 4.69. The molecule has 0 amide bonds. The van der Waals surface area contributed by atoms with E-state index in [1.807, 2.05) is 79.7 Å². The van der Waals surface area contributed by atoms with Crippen molar-refractivity contribution in [1.82, 2.24) is 0 Å². The van der Waals surface area contributed by atoms with Gasteiger partial charge in [-0.15, -0.1) is 0 Å². The van der Waals surface area contributed by atoms with Gasteiger partial charge in [0.25, 0.3) is 0 Å². The molecule has 0 aliphatic rings. The number of rotatable bonds is 7. The van der Waals surface area contributed by atoms with Crippen LogP contribution in [-0.2, 0) is 0 Å². The topological polar surface area (TPSA) is 67.8 Å². The van der Waals surface area contributed by atoms with Crippen molar-refractivity contribution in [2.75, 3.05) is 13.7 Å². The Bertz CT molecular complexity index is 1320. The second kappa shape index (κ2) is 10.2. The van der Waals surface area contributed by atoms with E-state index in [-0.39, 0.29) is 5.88 Å². The van der Waals surface area contributed by atoms with Gasteiger partial charge in [0.15, 0.2) is 11.5 Å². The molecule has 1 aromatic heterocycles. The van der Waals surface area contributed by atoms with Crippen LogP contribution in [0.5, 0.6) is 11.5 Å². The molecule has 4 aromatic rings. The van der Waals surface area contributed by atoms with Crippen LogP contribution in [0.2, 0.25) is 0 Å². The van der Waals surface area contributed by atoms with Crippen molar-refractivity contribution < 1.29 is 13.9 Å². The summed E-state index contributed by atoms with van der Waals surface area (Å²) in [6, 6.07) is 25.4. The molecule has 0 bridgehead atoms. The summed E-state index contributed by atoms with van der Waals surface area (Å²) in [6.45, 7) is 2.43. The molecule has 6 heteroatoms. The van der Waals surface area contributed by atoms with E-state index >= 15 is 0 Å². The SMILES string of the molecule is CCOc1c(Br)cc(C=Nc2oc(-c3ccccc3)c(-c3ccccc3)c2C#N)cc1OC. The van der Waals surface area contributed by atoms with Crippen LogP contribution in [0, 0.1) is 11.3 Å². The lowest BCUT2D eigenvalue weighted by molar-refractivity contribution is 0.309. The molecule has 0 saturated carbocycles. The van der Waals surface area contributed by atoms with E-state index in [1.165, 1.54) is 0 Å². The van der Waals surface area contributed by atoms with Gasteiger partial charge in [-0.2, -0.15) is 5.26 Å². The number of aliphatic imine (C=N–C) groups is 1. The lowest BCUT2D eigenvalue weighted by atomic mass is 9.98. The Hall–Kier alpha value is -3.82. The quantitative estimate of drug-likeness (QED) is 0.248. The predicted octanol–water partition coefficient (Wildman–Crippen LogP) is 7.41. The second-order valence-corrected chi connectivity index (χ2v) is 7.91. The zero-order valence-corrected chi connectivity index (χ0v) is 19.8. The van der Waals surface area contributed by atoms with Crippen LogP contribution < -0.4 is 9.47 Å². The molecule has 0 aliphatic heterocycles. The summed E-state index contributed by atoms with van der Waals surface area (Å²) in [7, 11) is 1.59. The fourth-order valence-electron chi connectivity index (χ4n) is 3.52. The Morgan fingerprint density at radius 2 is 1.70 bits per heavy atom. The average Bonchev–Trinajstić information content (AvgIpc) is 3.23. The van der Waals surface area contributed by atoms with Gasteiger partial charge in [0.05, 0.1) is 18.2 Å². The minimum absolute atomic E-state index is 0.249. The van der Waals surface area contributed by atoms with Crippen molar-refractivity contribution >= 4 is 28.0 Å². The maximum absolute atomic E-state index is 10.0. The van der Waals surface area contributed by atoms with E-state index < -0.39 is 0 Å². The number of nitriles is 1. The molecule has 0 N–H and O–H groups in total. The van der Waals surface area contributed by atoms with Gasteiger partial charge in [-0.05, 0) is 46.1 Å². The number of hydrogen-bond acceptors (Lipinski definition) is 5. The van der Waals surface area contributed by atoms with Crippen LogP contribution in [0.1, 0.15) is 18.1 Å². The summed E-state index contributed by atoms with van der Waals surface area (Å²) in [5, 5.41) is 10.0. The minimum atomic E-state index is 0.249. The smallest absolute Gasteiger partial charge is 0.238 e. The van der Waals surface area contributed by atoms with E-state index in [2.05, 4.69) is 27.0 Å². The first-order chi connectivity index (χ1) is 16.2. The highest BCUT2D eigenvalue weighted by Gasteiger charge is 2.22. The van der Waals surface area contributed by atoms with Crippen molar-refractivity contribution in [3.8, 4) is 40.0 Å². The molecule has 0 atom stereocenters. The highest BCUT2D eigenvalue weighted by Crippen LogP contribution is 2.42. The number of ether oxygens (including phenoxy) is 2. The van der Waals surface area contributed by atoms with E-state index in [0.717, 1.165) is 26.7 Å². The number of furan rings is 1. The van der Waals surface area contributed by atoms with Gasteiger partial charge in [0, 0.05) is 17.3 Å². The van der Waals surface area contributed by atoms with Gasteiger partial charge in [-0.25, -0.2) is 4.99 Å². The van der Waals surface area contributed by atoms with E-state index in [1.54, 1.807) is 13.3 Å². The Balaban J connectivity index is 1.83. The molecule has 3 aromatic carbocycles. The second-order valence-electron chi connectivity index (χ2n) is 7.06. The molecular weight excluding hydrogens is 480 g/mol. The largest absolute Gasteiger partial charge is 0.493 e. The molecule has 1 heterocycles. The maximum Gasteiger partial charge on any atom is 0.238 e. The zero-order chi connectivity index (χ0) is 23.2. The van der Waals surface area contributed by atoms with Crippen molar-refractivity contribution in [3.05, 3.63) is 88.4 Å². The third-order valence-corrected chi connectivity index (χ3v) is 5.56. The number of halogens is 1. The molecule has 0 aliphatic carbocycles. The molecule has 4 rings (SSSR count). The molecule has 0 fully saturated rings. The van der Waals surface area contributed by atoms with Crippen LogP contribution in [0.4, 0.5) is 5.88 Å². The molecule has 0 saturated heterocycles. The number of benzene rings is 3. The molecule has 0 spiro atoms. The molecule has 5 nitrogen and oxygen atoms in total. The highest BCUT2D eigenvalue weighted by atomic mass is 79.9. The van der Waals surface area contributed by atoms with Crippen LogP contribution in [-0.4, -0.2) is 19.9 Å². The maximum atomic E-state index is 10.0. The van der Waals surface area contributed by atoms with Gasteiger partial charge >= 0.3 is 0 Å². The first-order valence-corrected chi connectivity index (χ1v) is 11.2. The fraction of sp³-hybridized carbons (Fsp3) is 0.111. The summed E-state index contributed by atoms with van der Waals surface area (Å²) in [5.41, 5.74) is 3.64. The van der Waals surface area contributed by atoms with Gasteiger partial charge in [0.2, 0.25) is 5.88 Å². The van der Waals surface area contributed by atoms with Crippen molar-refractivity contribution in [1.29, 1.82) is 5.26 Å². The zero-order valence-electron chi connectivity index (χ0n) is 18.2. The standard InChI is InChI=1S/C27H21BrN2O3/c1-3-32-26-22(28)14-18(15-23(26)31-2)17-30-27-21(16-29)24(19-10-6-4-7-11-19)25(33-27)20-12-8-5-9-13-20/h4-15,17H,3H2,1-2H3. The first-order valence-electron chi connectivity index (χ1n) is 10.4. The van der Waals surface area contributed by atoms with Gasteiger partial charge in [0.1, 0.15) is 17.4 Å². The van der Waals surface area contributed by atoms with Crippen molar-refractivity contribution in [2.45, 2.75) is 6.92 Å². The molecular formula is C27H21BrN2O3. The van der Waals surface area contributed by atoms with Crippen LogP contribution in [0.25, 0.3) is 22.5 Å². The van der Waals surface area contributed by atoms with Crippen LogP contribution in [0.3, 0.4) is 0 Å². The number of methoxy groups -OCH3 is 1. The first kappa shape index (κ1) is 22.4. The predicted molar refractivity (Wildman–Crippen MR) is 133 cm³/mol. The van der Waals surface area contributed by atoms with Gasteiger partial charge in [-0.1, -0.05) is 60.7 Å². The molecule has 0 radical (unpaired) electrons. The van der Waals surface area contributed by atoms with Crippen LogP contribution >= 0.6 is 15.9 Å². The Morgan fingerprint density at radius 1 is 1.03 bits per heavy atom. The Morgan fingerprint density at radius 3 is 2.30 bits per heavy atom. The Labute approximate surface area is 201 Å². The van der Waals surface area contributed by atoms with Crippen molar-refractivity contribution in [3.63, 3.8) is 0 Å². The Kier molecular flexibility index (Phi) is 6.92. The summed E-state index contributed by atoms with van der Waals surface area (Å²) in [4.78, 5) is 4.54. The van der Waals surface area contributed by atoms with Gasteiger partial charge < -0.3 is 13.9 Å². The summed E-state index contributed by atoms with van der Waals surface area (Å²) in [6.07, 6.45) is 1.65. The van der Waals surface area contributed by atoms with E-state index in [4.69, 9.17) is 13.9 Å². The van der Waals surface area contributed by atoms with Crippen molar-refractivity contribution in [2.24, 2.45) is 4.99 Å². The van der Waals surface area contributed by atoms with E-state index in [0.29, 0.717) is 29.4 Å². The van der Waals surface area contributed by atoms with Gasteiger partial charge in [-0.3, -0.25) is 0 Å². The summed E-state index contributed by atoms with van der Waals surface area (Å²) < 4.78 is 18.0. The van der Waals surface area contributed by atoms with E-state index in [9.17, 15) is 5.26 Å². The number of hydrogen-bond donors (Lipinski definition) is 0. The third-order valence-electron chi connectivity index (χ3n) is 4.97. The average molecular weight is 501 g/mol. The summed E-state index contributed by atoms with van der Waals surface area (Å²) in [5.74, 6) is 2.07. The lowest BCUT2D eigenvalue weighted by Gasteiger charge is -2.11. The molecule has 164 valence electrons. The summed E-state index contributed by atoms with van der Waals surface area (Å²) >= 11 is 3.53. The fourth-order valence-corrected chi connectivity index (χ4v) is 4.09. The normalized spacial score (nSPS) is 10.8. The highest BCUT2D eigenvalue weighted by molar-refractivity contribution is 9.10. The molecule has 0 unspecified atom stereocenters. The number of nitrogens with zero attached hydrogens (tertiary/aromatic N) is 2.